The van der Waals surface area contributed by atoms with Crippen molar-refractivity contribution in [2.24, 2.45) is 30.7 Å². The number of carbonyl (C=O) groups excluding carboxylic acids is 1. The molecule has 9 heteroatoms. The van der Waals surface area contributed by atoms with Gasteiger partial charge in [0.1, 0.15) is 5.75 Å². The van der Waals surface area contributed by atoms with Crippen LogP contribution >= 0.6 is 0 Å². The lowest BCUT2D eigenvalue weighted by atomic mass is 10.0. The van der Waals surface area contributed by atoms with Gasteiger partial charge in [-0.1, -0.05) is 50.2 Å². The fourth-order valence-electron chi connectivity index (χ4n) is 4.01. The molecule has 0 bridgehead atoms. The Labute approximate surface area is 243 Å². The molecule has 5 rings (SSSR count). The van der Waals surface area contributed by atoms with Crippen LogP contribution in [-0.4, -0.2) is 13.3 Å². The average Bonchev–Trinajstić information content (AvgIpc) is 3.03. The van der Waals surface area contributed by atoms with Gasteiger partial charge in [-0.05, 0) is 84.3 Å². The van der Waals surface area contributed by atoms with Crippen molar-refractivity contribution in [3.05, 3.63) is 115 Å². The van der Waals surface area contributed by atoms with Crippen LogP contribution in [0.3, 0.4) is 0 Å². The second-order valence-corrected chi connectivity index (χ2v) is 9.56. The van der Waals surface area contributed by atoms with Crippen molar-refractivity contribution >= 4 is 51.1 Å². The summed E-state index contributed by atoms with van der Waals surface area (Å²) in [7, 11) is 1.25. The number of carbonyl (C=O) groups is 1. The monoisotopic (exact) mass is 556 g/mol. The Morgan fingerprint density at radius 2 is 0.952 bits per heavy atom. The molecule has 0 saturated heterocycles. The first-order valence-corrected chi connectivity index (χ1v) is 13.3. The predicted molar refractivity (Wildman–Crippen MR) is 163 cm³/mol. The van der Waals surface area contributed by atoms with Crippen LogP contribution < -0.4 is 4.74 Å². The molecule has 42 heavy (non-hydrogen) atoms. The number of fused-ring (bicyclic) bond motifs is 1. The molecule has 0 aliphatic rings. The number of ether oxygens (including phenoxy) is 2. The minimum Gasteiger partial charge on any atom is -0.437 e. The Kier molecular flexibility index (Phi) is 8.79. The molecule has 0 aliphatic carbocycles. The largest absolute Gasteiger partial charge is 0.513 e. The number of nitrogens with zero attached hydrogens (tertiary/aromatic N) is 6. The third-order valence-corrected chi connectivity index (χ3v) is 6.32. The van der Waals surface area contributed by atoms with Crippen LogP contribution in [-0.2, 0) is 4.74 Å². The van der Waals surface area contributed by atoms with Gasteiger partial charge in [-0.3, -0.25) is 0 Å². The standard InChI is InChI=1S/C33H28N6O3/c1-22(2)23-8-10-24(11-9-23)34-35-25-12-14-26(15-13-25)36-38-31-20-21-32(30-7-5-4-6-29(30)31)39-37-27-16-18-28(19-17-27)42-33(40)41-3/h4-22H,1-3H3. The van der Waals surface area contributed by atoms with Crippen LogP contribution in [0, 0.1) is 0 Å². The predicted octanol–water partition coefficient (Wildman–Crippen LogP) is 11.4. The molecule has 0 fully saturated rings. The van der Waals surface area contributed by atoms with Gasteiger partial charge in [0.25, 0.3) is 0 Å². The summed E-state index contributed by atoms with van der Waals surface area (Å²) in [6.45, 7) is 4.33. The lowest BCUT2D eigenvalue weighted by Gasteiger charge is -2.05. The zero-order valence-corrected chi connectivity index (χ0v) is 23.4. The van der Waals surface area contributed by atoms with E-state index >= 15 is 0 Å². The first kappa shape index (κ1) is 28.0. The van der Waals surface area contributed by atoms with Crippen molar-refractivity contribution in [2.45, 2.75) is 19.8 Å². The van der Waals surface area contributed by atoms with Gasteiger partial charge in [0.05, 0.1) is 41.2 Å². The first-order valence-electron chi connectivity index (χ1n) is 13.3. The van der Waals surface area contributed by atoms with Crippen molar-refractivity contribution in [1.29, 1.82) is 0 Å². The quantitative estimate of drug-likeness (QED) is 0.108. The topological polar surface area (TPSA) is 110 Å². The third-order valence-electron chi connectivity index (χ3n) is 6.32. The van der Waals surface area contributed by atoms with E-state index in [1.54, 1.807) is 24.3 Å². The Bertz CT molecular complexity index is 1760. The highest BCUT2D eigenvalue weighted by molar-refractivity contribution is 5.99. The van der Waals surface area contributed by atoms with E-state index in [1.165, 1.54) is 12.7 Å². The van der Waals surface area contributed by atoms with E-state index in [-0.39, 0.29) is 0 Å². The van der Waals surface area contributed by atoms with Crippen LogP contribution in [0.4, 0.5) is 38.9 Å². The molecule has 0 N–H and O–H groups in total. The molecule has 0 aliphatic heterocycles. The molecular weight excluding hydrogens is 528 g/mol. The molecule has 0 aromatic heterocycles. The highest BCUT2D eigenvalue weighted by Crippen LogP contribution is 2.35. The maximum absolute atomic E-state index is 11.3. The van der Waals surface area contributed by atoms with Gasteiger partial charge < -0.3 is 9.47 Å². The molecule has 0 amide bonds. The molecule has 5 aromatic carbocycles. The van der Waals surface area contributed by atoms with Crippen molar-refractivity contribution in [1.82, 2.24) is 0 Å². The minimum atomic E-state index is -0.782. The molecule has 208 valence electrons. The molecular formula is C33H28N6O3. The number of methoxy groups -OCH3 is 1. The number of benzene rings is 5. The number of rotatable bonds is 8. The van der Waals surface area contributed by atoms with E-state index in [1.807, 2.05) is 72.8 Å². The van der Waals surface area contributed by atoms with Gasteiger partial charge >= 0.3 is 6.16 Å². The Balaban J connectivity index is 1.28. The summed E-state index contributed by atoms with van der Waals surface area (Å²) in [4.78, 5) is 11.3. The van der Waals surface area contributed by atoms with Crippen LogP contribution in [0.1, 0.15) is 25.3 Å². The fraction of sp³-hybridized carbons (Fsp3) is 0.121. The van der Waals surface area contributed by atoms with Crippen LogP contribution in [0.15, 0.2) is 140 Å². The van der Waals surface area contributed by atoms with Crippen LogP contribution in [0.2, 0.25) is 0 Å². The van der Waals surface area contributed by atoms with Gasteiger partial charge in [0.2, 0.25) is 0 Å². The molecule has 5 aromatic rings. The summed E-state index contributed by atoms with van der Waals surface area (Å²) in [6.07, 6.45) is -0.782. The number of hydrogen-bond donors (Lipinski definition) is 0. The number of hydrogen-bond acceptors (Lipinski definition) is 9. The van der Waals surface area contributed by atoms with Crippen molar-refractivity contribution in [3.63, 3.8) is 0 Å². The van der Waals surface area contributed by atoms with E-state index in [9.17, 15) is 4.79 Å². The van der Waals surface area contributed by atoms with Gasteiger partial charge in [0, 0.05) is 10.8 Å². The summed E-state index contributed by atoms with van der Waals surface area (Å²) in [6, 6.07) is 33.7. The van der Waals surface area contributed by atoms with E-state index in [2.05, 4.69) is 61.4 Å². The second kappa shape index (κ2) is 13.2. The Hall–Kier alpha value is -5.57. The lowest BCUT2D eigenvalue weighted by molar-refractivity contribution is 0.121. The van der Waals surface area contributed by atoms with Crippen molar-refractivity contribution in [2.75, 3.05) is 7.11 Å². The highest BCUT2D eigenvalue weighted by Gasteiger charge is 2.07. The van der Waals surface area contributed by atoms with E-state index in [0.29, 0.717) is 34.4 Å². The normalized spacial score (nSPS) is 11.7. The molecule has 0 saturated carbocycles. The molecule has 0 spiro atoms. The summed E-state index contributed by atoms with van der Waals surface area (Å²) < 4.78 is 9.48. The summed E-state index contributed by atoms with van der Waals surface area (Å²) in [5.74, 6) is 0.832. The minimum absolute atomic E-state index is 0.354. The van der Waals surface area contributed by atoms with Gasteiger partial charge in [0.15, 0.2) is 0 Å². The van der Waals surface area contributed by atoms with Crippen molar-refractivity contribution in [3.8, 4) is 5.75 Å². The average molecular weight is 557 g/mol. The maximum Gasteiger partial charge on any atom is 0.513 e. The van der Waals surface area contributed by atoms with E-state index in [0.717, 1.165) is 22.1 Å². The van der Waals surface area contributed by atoms with Crippen LogP contribution in [0.5, 0.6) is 5.75 Å². The molecule has 0 heterocycles. The van der Waals surface area contributed by atoms with Crippen LogP contribution in [0.25, 0.3) is 10.8 Å². The smallest absolute Gasteiger partial charge is 0.437 e. The SMILES string of the molecule is COC(=O)Oc1ccc(N=Nc2ccc(N=Nc3ccc(N=Nc4ccc(C(C)C)cc4)cc3)c3ccccc23)cc1. The van der Waals surface area contributed by atoms with E-state index < -0.39 is 6.16 Å². The summed E-state index contributed by atoms with van der Waals surface area (Å²) >= 11 is 0. The van der Waals surface area contributed by atoms with E-state index in [4.69, 9.17) is 4.74 Å². The molecule has 0 radical (unpaired) electrons. The van der Waals surface area contributed by atoms with Gasteiger partial charge in [-0.15, -0.1) is 10.2 Å². The Morgan fingerprint density at radius 3 is 1.38 bits per heavy atom. The number of azo groups is 3. The highest BCUT2D eigenvalue weighted by atomic mass is 16.7. The molecule has 9 nitrogen and oxygen atoms in total. The first-order chi connectivity index (χ1) is 20.5. The maximum atomic E-state index is 11.3. The van der Waals surface area contributed by atoms with Crippen molar-refractivity contribution < 1.29 is 14.3 Å². The zero-order chi connectivity index (χ0) is 29.3. The molecule has 0 atom stereocenters. The summed E-state index contributed by atoms with van der Waals surface area (Å²) in [5, 5.41) is 28.1. The van der Waals surface area contributed by atoms with Gasteiger partial charge in [-0.25, -0.2) is 4.79 Å². The zero-order valence-electron chi connectivity index (χ0n) is 23.4. The Morgan fingerprint density at radius 1 is 0.548 bits per heavy atom. The second-order valence-electron chi connectivity index (χ2n) is 9.56. The fourth-order valence-corrected chi connectivity index (χ4v) is 4.01. The lowest BCUT2D eigenvalue weighted by Crippen LogP contribution is -2.06. The third kappa shape index (κ3) is 7.14. The summed E-state index contributed by atoms with van der Waals surface area (Å²) in [5.41, 5.74) is 5.51. The molecule has 0 unspecified atom stereocenters. The van der Waals surface area contributed by atoms with Gasteiger partial charge in [-0.2, -0.15) is 20.5 Å².